The van der Waals surface area contributed by atoms with Gasteiger partial charge in [-0.3, -0.25) is 0 Å². The van der Waals surface area contributed by atoms with E-state index in [4.69, 9.17) is 0 Å². The lowest BCUT2D eigenvalue weighted by Gasteiger charge is -2.02. The molecule has 56 valence electrons. The van der Waals surface area contributed by atoms with Gasteiger partial charge in [-0.25, -0.2) is 4.79 Å². The highest BCUT2D eigenvalue weighted by atomic mass is 16.6. The van der Waals surface area contributed by atoms with E-state index >= 15 is 0 Å². The fourth-order valence-corrected chi connectivity index (χ4v) is 0.901. The zero-order valence-electron chi connectivity index (χ0n) is 5.80. The molecule has 0 aliphatic carbocycles. The fourth-order valence-electron chi connectivity index (χ4n) is 0.901. The van der Waals surface area contributed by atoms with Crippen LogP contribution in [0.4, 0.5) is 4.79 Å². The van der Waals surface area contributed by atoms with Gasteiger partial charge in [0.25, 0.3) is 0 Å². The van der Waals surface area contributed by atoms with Gasteiger partial charge in [-0.15, -0.1) is 6.58 Å². The molecule has 1 unspecified atom stereocenters. The highest BCUT2D eigenvalue weighted by Gasteiger charge is 2.20. The van der Waals surface area contributed by atoms with Gasteiger partial charge in [-0.05, 0) is 12.8 Å². The third-order valence-corrected chi connectivity index (χ3v) is 1.46. The maximum atomic E-state index is 10.5. The predicted molar refractivity (Wildman–Crippen MR) is 37.7 cm³/mol. The van der Waals surface area contributed by atoms with Crippen LogP contribution in [0, 0.1) is 0 Å². The first-order chi connectivity index (χ1) is 4.83. The topological polar surface area (TPSA) is 38.3 Å². The lowest BCUT2D eigenvalue weighted by atomic mass is 10.2. The molecular formula is C7H11NO2. The minimum atomic E-state index is -0.297. The summed E-state index contributed by atoms with van der Waals surface area (Å²) < 4.78 is 4.68. The Hall–Kier alpha value is -0.990. The van der Waals surface area contributed by atoms with Crippen LogP contribution in [-0.4, -0.2) is 18.7 Å². The van der Waals surface area contributed by atoms with Crippen LogP contribution in [-0.2, 0) is 4.74 Å². The number of amides is 1. The number of carbonyl (C=O) groups is 1. The molecule has 0 aromatic heterocycles. The predicted octanol–water partition coefficient (Wildman–Crippen LogP) is 1.06. The minimum absolute atomic E-state index is 0.200. The van der Waals surface area contributed by atoms with Gasteiger partial charge in [-0.2, -0.15) is 0 Å². The van der Waals surface area contributed by atoms with Gasteiger partial charge in [0.05, 0.1) is 6.04 Å². The van der Waals surface area contributed by atoms with E-state index in [9.17, 15) is 4.79 Å². The van der Waals surface area contributed by atoms with Crippen molar-refractivity contribution in [2.24, 2.45) is 0 Å². The Kier molecular flexibility index (Phi) is 2.31. The average Bonchev–Trinajstić information content (AvgIpc) is 2.31. The van der Waals surface area contributed by atoms with E-state index in [1.54, 1.807) is 0 Å². The van der Waals surface area contributed by atoms with E-state index in [1.165, 1.54) is 0 Å². The van der Waals surface area contributed by atoms with Crippen LogP contribution in [0.3, 0.4) is 0 Å². The first-order valence-corrected chi connectivity index (χ1v) is 3.37. The molecule has 1 N–H and O–H groups in total. The van der Waals surface area contributed by atoms with Crippen LogP contribution in [0.1, 0.15) is 12.8 Å². The number of alkyl carbamates (subject to hydrolysis) is 1. The van der Waals surface area contributed by atoms with Crippen LogP contribution >= 0.6 is 0 Å². The number of allylic oxidation sites excluding steroid dienone is 1. The summed E-state index contributed by atoms with van der Waals surface area (Å²) in [4.78, 5) is 10.5. The largest absolute Gasteiger partial charge is 0.447 e. The van der Waals surface area contributed by atoms with Crippen molar-refractivity contribution < 1.29 is 9.53 Å². The smallest absolute Gasteiger partial charge is 0.407 e. The third kappa shape index (κ3) is 1.76. The molecule has 0 aromatic carbocycles. The Morgan fingerprint density at radius 2 is 2.70 bits per heavy atom. The second kappa shape index (κ2) is 3.25. The van der Waals surface area contributed by atoms with Gasteiger partial charge >= 0.3 is 6.09 Å². The second-order valence-corrected chi connectivity index (χ2v) is 2.31. The molecule has 1 fully saturated rings. The Morgan fingerprint density at radius 3 is 3.20 bits per heavy atom. The van der Waals surface area contributed by atoms with Gasteiger partial charge in [0.15, 0.2) is 0 Å². The van der Waals surface area contributed by atoms with E-state index in [1.807, 2.05) is 6.08 Å². The van der Waals surface area contributed by atoms with Crippen molar-refractivity contribution in [3.8, 4) is 0 Å². The van der Waals surface area contributed by atoms with Crippen molar-refractivity contribution in [2.45, 2.75) is 18.9 Å². The molecule has 10 heavy (non-hydrogen) atoms. The minimum Gasteiger partial charge on any atom is -0.447 e. The molecule has 3 heteroatoms. The number of hydrogen-bond acceptors (Lipinski definition) is 2. The van der Waals surface area contributed by atoms with E-state index in [-0.39, 0.29) is 12.1 Å². The molecule has 0 saturated carbocycles. The fraction of sp³-hybridized carbons (Fsp3) is 0.571. The van der Waals surface area contributed by atoms with Crippen molar-refractivity contribution >= 4 is 6.09 Å². The van der Waals surface area contributed by atoms with Crippen molar-refractivity contribution in [3.63, 3.8) is 0 Å². The van der Waals surface area contributed by atoms with Crippen LogP contribution < -0.4 is 5.32 Å². The maximum absolute atomic E-state index is 10.5. The molecule has 0 aromatic rings. The van der Waals surface area contributed by atoms with Crippen molar-refractivity contribution in [1.29, 1.82) is 0 Å². The first kappa shape index (κ1) is 7.12. The Balaban J connectivity index is 2.18. The molecule has 1 heterocycles. The lowest BCUT2D eigenvalue weighted by molar-refractivity contribution is 0.176. The SMILES string of the molecule is C=CCCC1COC(=O)N1. The zero-order valence-corrected chi connectivity index (χ0v) is 5.80. The number of nitrogens with one attached hydrogen (secondary N) is 1. The molecule has 1 amide bonds. The van der Waals surface area contributed by atoms with E-state index in [0.29, 0.717) is 6.61 Å². The van der Waals surface area contributed by atoms with Crippen LogP contribution in [0.15, 0.2) is 12.7 Å². The zero-order chi connectivity index (χ0) is 7.40. The number of hydrogen-bond donors (Lipinski definition) is 1. The normalized spacial score (nSPS) is 23.6. The highest BCUT2D eigenvalue weighted by molar-refractivity contribution is 5.69. The van der Waals surface area contributed by atoms with Crippen molar-refractivity contribution in [2.75, 3.05) is 6.61 Å². The molecular weight excluding hydrogens is 130 g/mol. The molecule has 1 atom stereocenters. The van der Waals surface area contributed by atoms with Gasteiger partial charge in [-0.1, -0.05) is 6.08 Å². The molecule has 1 rings (SSSR count). The highest BCUT2D eigenvalue weighted by Crippen LogP contribution is 2.04. The Bertz CT molecular complexity index is 145. The Morgan fingerprint density at radius 1 is 1.90 bits per heavy atom. The van der Waals surface area contributed by atoms with E-state index in [0.717, 1.165) is 12.8 Å². The summed E-state index contributed by atoms with van der Waals surface area (Å²) in [6.07, 6.45) is 3.39. The molecule has 0 radical (unpaired) electrons. The van der Waals surface area contributed by atoms with Crippen molar-refractivity contribution in [3.05, 3.63) is 12.7 Å². The summed E-state index contributed by atoms with van der Waals surface area (Å²) in [6, 6.07) is 0.200. The van der Waals surface area contributed by atoms with Crippen LogP contribution in [0.2, 0.25) is 0 Å². The summed E-state index contributed by atoms with van der Waals surface area (Å²) in [5, 5.41) is 2.68. The van der Waals surface area contributed by atoms with E-state index < -0.39 is 0 Å². The van der Waals surface area contributed by atoms with Crippen molar-refractivity contribution in [1.82, 2.24) is 5.32 Å². The molecule has 1 saturated heterocycles. The summed E-state index contributed by atoms with van der Waals surface area (Å²) in [7, 11) is 0. The van der Waals surface area contributed by atoms with Crippen LogP contribution in [0.5, 0.6) is 0 Å². The molecule has 1 aliphatic heterocycles. The maximum Gasteiger partial charge on any atom is 0.407 e. The number of rotatable bonds is 3. The lowest BCUT2D eigenvalue weighted by Crippen LogP contribution is -2.25. The molecule has 3 nitrogen and oxygen atoms in total. The van der Waals surface area contributed by atoms with Gasteiger partial charge in [0.2, 0.25) is 0 Å². The molecule has 1 aliphatic rings. The number of ether oxygens (including phenoxy) is 1. The Labute approximate surface area is 60.1 Å². The van der Waals surface area contributed by atoms with Gasteiger partial charge < -0.3 is 10.1 Å². The number of carbonyl (C=O) groups excluding carboxylic acids is 1. The first-order valence-electron chi connectivity index (χ1n) is 3.37. The monoisotopic (exact) mass is 141 g/mol. The second-order valence-electron chi connectivity index (χ2n) is 2.31. The van der Waals surface area contributed by atoms with Gasteiger partial charge in [0.1, 0.15) is 6.61 Å². The standard InChI is InChI=1S/C7H11NO2/c1-2-3-4-6-5-10-7(9)8-6/h2,6H,1,3-5H2,(H,8,9). The van der Waals surface area contributed by atoms with Crippen LogP contribution in [0.25, 0.3) is 0 Å². The summed E-state index contributed by atoms with van der Waals surface area (Å²) in [5.41, 5.74) is 0. The quantitative estimate of drug-likeness (QED) is 0.597. The third-order valence-electron chi connectivity index (χ3n) is 1.46. The number of cyclic esters (lactones) is 1. The average molecular weight is 141 g/mol. The van der Waals surface area contributed by atoms with Gasteiger partial charge in [0, 0.05) is 0 Å². The van der Waals surface area contributed by atoms with E-state index in [2.05, 4.69) is 16.6 Å². The molecule has 0 spiro atoms. The molecule has 0 bridgehead atoms. The summed E-state index contributed by atoms with van der Waals surface area (Å²) >= 11 is 0. The summed E-state index contributed by atoms with van der Waals surface area (Å²) in [5.74, 6) is 0. The summed E-state index contributed by atoms with van der Waals surface area (Å²) in [6.45, 7) is 4.09.